The third-order valence-corrected chi connectivity index (χ3v) is 6.35. The van der Waals surface area contributed by atoms with Crippen molar-refractivity contribution in [2.45, 2.75) is 25.8 Å². The molecule has 194 valence electrons. The van der Waals surface area contributed by atoms with Crippen LogP contribution in [0.4, 0.5) is 10.6 Å². The number of benzene rings is 1. The van der Waals surface area contributed by atoms with E-state index in [0.29, 0.717) is 56.5 Å². The molecule has 1 fully saturated rings. The van der Waals surface area contributed by atoms with Crippen LogP contribution in [0.25, 0.3) is 5.82 Å². The zero-order valence-electron chi connectivity index (χ0n) is 20.7. The van der Waals surface area contributed by atoms with E-state index < -0.39 is 6.04 Å². The summed E-state index contributed by atoms with van der Waals surface area (Å²) in [4.78, 5) is 42.7. The number of hydrogen-bond acceptors (Lipinski definition) is 8. The van der Waals surface area contributed by atoms with Crippen molar-refractivity contribution in [1.82, 2.24) is 35.1 Å². The molecule has 12 nitrogen and oxygen atoms in total. The number of carbonyl (C=O) groups excluding carboxylic acids is 2. The zero-order chi connectivity index (χ0) is 25.6. The van der Waals surface area contributed by atoms with Crippen LogP contribution in [0.3, 0.4) is 0 Å². The molecular formula is C25H30N8O4. The molecule has 0 saturated carbocycles. The smallest absolute Gasteiger partial charge is 0.318 e. The molecule has 4 heterocycles. The maximum absolute atomic E-state index is 13.3. The third kappa shape index (κ3) is 5.57. The number of fused-ring (bicyclic) bond motifs is 1. The van der Waals surface area contributed by atoms with Crippen molar-refractivity contribution in [1.29, 1.82) is 0 Å². The maximum atomic E-state index is 13.3. The summed E-state index contributed by atoms with van der Waals surface area (Å²) in [5.41, 5.74) is 1.03. The van der Waals surface area contributed by atoms with Crippen LogP contribution in [-0.2, 0) is 11.2 Å². The van der Waals surface area contributed by atoms with E-state index in [9.17, 15) is 9.59 Å². The van der Waals surface area contributed by atoms with Gasteiger partial charge in [-0.3, -0.25) is 9.36 Å². The predicted molar refractivity (Wildman–Crippen MR) is 135 cm³/mol. The van der Waals surface area contributed by atoms with Gasteiger partial charge < -0.3 is 29.9 Å². The first-order chi connectivity index (χ1) is 18.1. The van der Waals surface area contributed by atoms with Gasteiger partial charge in [0, 0.05) is 51.2 Å². The van der Waals surface area contributed by atoms with Crippen LogP contribution in [0, 0.1) is 0 Å². The van der Waals surface area contributed by atoms with E-state index in [-0.39, 0.29) is 18.7 Å². The van der Waals surface area contributed by atoms with Crippen molar-refractivity contribution in [3.63, 3.8) is 0 Å². The molecule has 2 aromatic heterocycles. The van der Waals surface area contributed by atoms with Crippen molar-refractivity contribution < 1.29 is 19.1 Å². The van der Waals surface area contributed by atoms with Gasteiger partial charge in [-0.2, -0.15) is 0 Å². The lowest BCUT2D eigenvalue weighted by molar-refractivity contribution is -0.125. The molecule has 1 atom stereocenters. The summed E-state index contributed by atoms with van der Waals surface area (Å²) >= 11 is 0. The summed E-state index contributed by atoms with van der Waals surface area (Å²) in [6, 6.07) is 6.70. The number of ether oxygens (including phenoxy) is 2. The molecule has 37 heavy (non-hydrogen) atoms. The van der Waals surface area contributed by atoms with Crippen molar-refractivity contribution in [3.05, 3.63) is 54.9 Å². The molecule has 2 aliphatic rings. The molecule has 3 aromatic rings. The largest absolute Gasteiger partial charge is 0.454 e. The maximum Gasteiger partial charge on any atom is 0.318 e. The fraction of sp³-hybridized carbons (Fsp3) is 0.400. The van der Waals surface area contributed by atoms with Gasteiger partial charge in [-0.15, -0.1) is 0 Å². The first-order valence-electron chi connectivity index (χ1n) is 12.4. The predicted octanol–water partition coefficient (Wildman–Crippen LogP) is 1.36. The lowest BCUT2D eigenvalue weighted by atomic mass is 10.1. The summed E-state index contributed by atoms with van der Waals surface area (Å²) in [5, 5.41) is 5.91. The highest BCUT2D eigenvalue weighted by Crippen LogP contribution is 2.32. The first-order valence-corrected chi connectivity index (χ1v) is 12.4. The Labute approximate surface area is 214 Å². The van der Waals surface area contributed by atoms with Crippen LogP contribution in [0.15, 0.2) is 49.3 Å². The Balaban J connectivity index is 1.27. The van der Waals surface area contributed by atoms with E-state index in [1.807, 2.05) is 36.1 Å². The van der Waals surface area contributed by atoms with Gasteiger partial charge in [-0.05, 0) is 30.5 Å². The molecule has 5 rings (SSSR count). The van der Waals surface area contributed by atoms with Crippen molar-refractivity contribution >= 4 is 17.8 Å². The van der Waals surface area contributed by atoms with E-state index in [1.165, 1.54) is 6.33 Å². The molecule has 2 N–H and O–H groups in total. The highest BCUT2D eigenvalue weighted by atomic mass is 16.7. The van der Waals surface area contributed by atoms with Crippen LogP contribution in [0.5, 0.6) is 11.5 Å². The van der Waals surface area contributed by atoms with Gasteiger partial charge in [0.25, 0.3) is 0 Å². The standard InChI is InChI=1S/C25H30N8O4/c1-2-6-28-25(35)33-11-10-31(22-13-23(30-15-29-22)32-9-8-26-16-32)14-19(33)24(34)27-7-5-18-3-4-20-21(12-18)37-17-36-20/h3-4,8-9,12-13,15-16,19H,2,5-7,10-11,14,17H2,1H3,(H,27,34)(H,28,35). The van der Waals surface area contributed by atoms with Gasteiger partial charge in [0.1, 0.15) is 30.3 Å². The molecule has 0 spiro atoms. The van der Waals surface area contributed by atoms with Crippen LogP contribution in [0.1, 0.15) is 18.9 Å². The van der Waals surface area contributed by atoms with E-state index in [1.54, 1.807) is 28.2 Å². The molecule has 1 unspecified atom stereocenters. The summed E-state index contributed by atoms with van der Waals surface area (Å²) in [5.74, 6) is 2.59. The lowest BCUT2D eigenvalue weighted by Crippen LogP contribution is -2.62. The van der Waals surface area contributed by atoms with Crippen LogP contribution >= 0.6 is 0 Å². The minimum absolute atomic E-state index is 0.207. The number of aromatic nitrogens is 4. The number of piperazine rings is 1. The Morgan fingerprint density at radius 1 is 1.05 bits per heavy atom. The summed E-state index contributed by atoms with van der Waals surface area (Å²) in [6.07, 6.45) is 8.08. The van der Waals surface area contributed by atoms with Crippen molar-refractivity contribution in [2.75, 3.05) is 44.4 Å². The number of nitrogens with zero attached hydrogens (tertiary/aromatic N) is 6. The van der Waals surface area contributed by atoms with E-state index in [2.05, 4.69) is 25.6 Å². The molecule has 0 radical (unpaired) electrons. The number of urea groups is 1. The van der Waals surface area contributed by atoms with E-state index >= 15 is 0 Å². The van der Waals surface area contributed by atoms with Gasteiger partial charge in [0.15, 0.2) is 11.5 Å². The molecular weight excluding hydrogens is 476 g/mol. The quantitative estimate of drug-likeness (QED) is 0.469. The Kier molecular flexibility index (Phi) is 7.33. The van der Waals surface area contributed by atoms with Crippen LogP contribution < -0.4 is 25.0 Å². The average Bonchev–Trinajstić information content (AvgIpc) is 3.64. The Hall–Kier alpha value is -4.35. The number of rotatable bonds is 8. The van der Waals surface area contributed by atoms with Gasteiger partial charge in [0.2, 0.25) is 12.7 Å². The van der Waals surface area contributed by atoms with Crippen LogP contribution in [0.2, 0.25) is 0 Å². The molecule has 1 saturated heterocycles. The second-order valence-corrected chi connectivity index (χ2v) is 8.82. The average molecular weight is 507 g/mol. The topological polar surface area (TPSA) is 127 Å². The zero-order valence-corrected chi connectivity index (χ0v) is 20.7. The number of anilines is 1. The fourth-order valence-electron chi connectivity index (χ4n) is 4.38. The van der Waals surface area contributed by atoms with E-state index in [4.69, 9.17) is 9.47 Å². The molecule has 2 aliphatic heterocycles. The highest BCUT2D eigenvalue weighted by Gasteiger charge is 2.36. The molecule has 12 heteroatoms. The Morgan fingerprint density at radius 2 is 1.92 bits per heavy atom. The first kappa shape index (κ1) is 24.3. The van der Waals surface area contributed by atoms with Crippen molar-refractivity contribution in [3.8, 4) is 17.3 Å². The minimum atomic E-state index is -0.672. The van der Waals surface area contributed by atoms with Gasteiger partial charge in [0.05, 0.1) is 0 Å². The monoisotopic (exact) mass is 506 g/mol. The Morgan fingerprint density at radius 3 is 2.76 bits per heavy atom. The molecule has 3 amide bonds. The van der Waals surface area contributed by atoms with Gasteiger partial charge in [-0.1, -0.05) is 13.0 Å². The minimum Gasteiger partial charge on any atom is -0.454 e. The molecule has 1 aromatic carbocycles. The number of imidazole rings is 1. The lowest BCUT2D eigenvalue weighted by Gasteiger charge is -2.41. The van der Waals surface area contributed by atoms with E-state index in [0.717, 1.165) is 17.7 Å². The number of nitrogens with one attached hydrogen (secondary N) is 2. The van der Waals surface area contributed by atoms with Crippen LogP contribution in [-0.4, -0.2) is 81.9 Å². The highest BCUT2D eigenvalue weighted by molar-refractivity contribution is 5.88. The van der Waals surface area contributed by atoms with Gasteiger partial charge >= 0.3 is 6.03 Å². The number of carbonyl (C=O) groups is 2. The molecule has 0 bridgehead atoms. The third-order valence-electron chi connectivity index (χ3n) is 6.35. The summed E-state index contributed by atoms with van der Waals surface area (Å²) in [7, 11) is 0. The summed E-state index contributed by atoms with van der Waals surface area (Å²) < 4.78 is 12.6. The summed E-state index contributed by atoms with van der Waals surface area (Å²) in [6.45, 7) is 4.44. The number of amides is 3. The second-order valence-electron chi connectivity index (χ2n) is 8.82. The SMILES string of the molecule is CCCNC(=O)N1CCN(c2cc(-n3ccnc3)ncn2)CC1C(=O)NCCc1ccc2c(c1)OCO2. The fourth-order valence-corrected chi connectivity index (χ4v) is 4.38. The van der Waals surface area contributed by atoms with Gasteiger partial charge in [-0.25, -0.2) is 19.7 Å². The number of hydrogen-bond donors (Lipinski definition) is 2. The molecule has 0 aliphatic carbocycles. The second kappa shape index (κ2) is 11.1. The normalized spacial score (nSPS) is 16.5. The van der Waals surface area contributed by atoms with Crippen molar-refractivity contribution in [2.24, 2.45) is 0 Å². The Bertz CT molecular complexity index is 1240.